The lowest BCUT2D eigenvalue weighted by Crippen LogP contribution is -2.35. The van der Waals surface area contributed by atoms with Gasteiger partial charge < -0.3 is 15.7 Å². The molecule has 0 heterocycles. The molecule has 1 aromatic carbocycles. The number of hydrogen-bond acceptors (Lipinski definition) is 3. The first-order valence-corrected chi connectivity index (χ1v) is 8.28. The van der Waals surface area contributed by atoms with E-state index in [1.807, 2.05) is 34.6 Å². The summed E-state index contributed by atoms with van der Waals surface area (Å²) in [6.45, 7) is 11.7. The number of aliphatic hydroxyl groups excluding tert-OH is 1. The lowest BCUT2D eigenvalue weighted by atomic mass is 9.87. The summed E-state index contributed by atoms with van der Waals surface area (Å²) in [7, 11) is 0. The number of rotatable bonds is 6. The number of benzene rings is 1. The van der Waals surface area contributed by atoms with Gasteiger partial charge in [-0.15, -0.1) is 0 Å². The highest BCUT2D eigenvalue weighted by Gasteiger charge is 2.23. The summed E-state index contributed by atoms with van der Waals surface area (Å²) in [5.74, 6) is -0.293. The number of amides is 2. The van der Waals surface area contributed by atoms with Gasteiger partial charge in [-0.05, 0) is 37.0 Å². The molecule has 0 aliphatic rings. The van der Waals surface area contributed by atoms with Gasteiger partial charge in [-0.25, -0.2) is 0 Å². The molecule has 3 N–H and O–H groups in total. The molecule has 1 atom stereocenters. The molecule has 0 fully saturated rings. The molecule has 0 bridgehead atoms. The Morgan fingerprint density at radius 2 is 1.79 bits per heavy atom. The van der Waals surface area contributed by atoms with Gasteiger partial charge in [-0.2, -0.15) is 0 Å². The van der Waals surface area contributed by atoms with Crippen molar-refractivity contribution in [1.82, 2.24) is 5.32 Å². The molecule has 0 radical (unpaired) electrons. The number of nitrogens with one attached hydrogen (secondary N) is 2. The van der Waals surface area contributed by atoms with E-state index in [9.17, 15) is 14.7 Å². The number of anilines is 1. The summed E-state index contributed by atoms with van der Waals surface area (Å²) in [6.07, 6.45) is 0.197. The van der Waals surface area contributed by atoms with Crippen molar-refractivity contribution < 1.29 is 14.7 Å². The third kappa shape index (κ3) is 6.71. The van der Waals surface area contributed by atoms with E-state index in [-0.39, 0.29) is 17.2 Å². The van der Waals surface area contributed by atoms with Gasteiger partial charge in [0.1, 0.15) is 0 Å². The smallest absolute Gasteiger partial charge is 0.251 e. The number of carbonyl (C=O) groups is 2. The Balaban J connectivity index is 2.72. The standard InChI is InChI=1S/C19H30N2O3/c1-13(22)11-19(5,6)12-20-16(23)14-8-7-9-15(10-14)21-17(24)18(2,3)4/h7-10,13,22H,11-12H2,1-6H3,(H,20,23)(H,21,24). The van der Waals surface area contributed by atoms with Crippen LogP contribution in [0.15, 0.2) is 24.3 Å². The molecule has 0 spiro atoms. The van der Waals surface area contributed by atoms with Crippen LogP contribution in [0.2, 0.25) is 0 Å². The van der Waals surface area contributed by atoms with Crippen LogP contribution < -0.4 is 10.6 Å². The highest BCUT2D eigenvalue weighted by Crippen LogP contribution is 2.22. The van der Waals surface area contributed by atoms with E-state index in [0.29, 0.717) is 24.2 Å². The Labute approximate surface area is 144 Å². The summed E-state index contributed by atoms with van der Waals surface area (Å²) in [5, 5.41) is 15.2. The van der Waals surface area contributed by atoms with E-state index < -0.39 is 11.5 Å². The van der Waals surface area contributed by atoms with E-state index in [1.54, 1.807) is 31.2 Å². The van der Waals surface area contributed by atoms with Crippen LogP contribution in [-0.2, 0) is 4.79 Å². The molecule has 0 saturated heterocycles. The van der Waals surface area contributed by atoms with E-state index in [2.05, 4.69) is 10.6 Å². The van der Waals surface area contributed by atoms with Gasteiger partial charge in [0.25, 0.3) is 5.91 Å². The molecule has 0 aliphatic heterocycles. The normalized spacial score (nSPS) is 13.3. The molecule has 1 rings (SSSR count). The number of hydrogen-bond donors (Lipinski definition) is 3. The largest absolute Gasteiger partial charge is 0.393 e. The predicted molar refractivity (Wildman–Crippen MR) is 96.9 cm³/mol. The molecule has 0 saturated carbocycles. The Hall–Kier alpha value is -1.88. The van der Waals surface area contributed by atoms with Gasteiger partial charge in [0.05, 0.1) is 6.10 Å². The molecule has 2 amide bonds. The van der Waals surface area contributed by atoms with Crippen LogP contribution in [0.4, 0.5) is 5.69 Å². The first-order valence-electron chi connectivity index (χ1n) is 8.28. The van der Waals surface area contributed by atoms with Crippen molar-refractivity contribution in [2.75, 3.05) is 11.9 Å². The van der Waals surface area contributed by atoms with Crippen molar-refractivity contribution in [1.29, 1.82) is 0 Å². The van der Waals surface area contributed by atoms with Gasteiger partial charge in [-0.3, -0.25) is 9.59 Å². The minimum atomic E-state index is -0.497. The molecular weight excluding hydrogens is 304 g/mol. The molecule has 24 heavy (non-hydrogen) atoms. The second kappa shape index (κ2) is 7.79. The predicted octanol–water partition coefficient (Wildman–Crippen LogP) is 3.20. The van der Waals surface area contributed by atoms with Crippen molar-refractivity contribution in [3.63, 3.8) is 0 Å². The third-order valence-corrected chi connectivity index (χ3v) is 3.64. The number of aliphatic hydroxyl groups is 1. The molecule has 134 valence electrons. The molecule has 0 aromatic heterocycles. The second-order valence-electron chi connectivity index (χ2n) is 8.18. The molecule has 1 aromatic rings. The van der Waals surface area contributed by atoms with Crippen LogP contribution in [0, 0.1) is 10.8 Å². The van der Waals surface area contributed by atoms with E-state index >= 15 is 0 Å². The quantitative estimate of drug-likeness (QED) is 0.747. The van der Waals surface area contributed by atoms with E-state index in [4.69, 9.17) is 0 Å². The fraction of sp³-hybridized carbons (Fsp3) is 0.579. The summed E-state index contributed by atoms with van der Waals surface area (Å²) in [6, 6.07) is 6.89. The average Bonchev–Trinajstić information content (AvgIpc) is 2.42. The van der Waals surface area contributed by atoms with E-state index in [1.165, 1.54) is 0 Å². The molecule has 0 aliphatic carbocycles. The van der Waals surface area contributed by atoms with Crippen LogP contribution in [0.25, 0.3) is 0 Å². The zero-order valence-corrected chi connectivity index (χ0v) is 15.6. The first kappa shape index (κ1) is 20.2. The molecule has 5 heteroatoms. The number of carbonyl (C=O) groups excluding carboxylic acids is 2. The maximum Gasteiger partial charge on any atom is 0.251 e. The summed E-state index contributed by atoms with van der Waals surface area (Å²) >= 11 is 0. The van der Waals surface area contributed by atoms with Crippen LogP contribution in [0.1, 0.15) is 58.3 Å². The summed E-state index contributed by atoms with van der Waals surface area (Å²) in [4.78, 5) is 24.4. The Bertz CT molecular complexity index is 587. The zero-order chi connectivity index (χ0) is 18.5. The van der Waals surface area contributed by atoms with Gasteiger partial charge in [-0.1, -0.05) is 40.7 Å². The highest BCUT2D eigenvalue weighted by molar-refractivity contribution is 5.98. The fourth-order valence-electron chi connectivity index (χ4n) is 2.35. The van der Waals surface area contributed by atoms with Crippen LogP contribution in [0.5, 0.6) is 0 Å². The monoisotopic (exact) mass is 334 g/mol. The van der Waals surface area contributed by atoms with Crippen LogP contribution >= 0.6 is 0 Å². The second-order valence-corrected chi connectivity index (χ2v) is 8.18. The van der Waals surface area contributed by atoms with Crippen molar-refractivity contribution in [3.8, 4) is 0 Å². The first-order chi connectivity index (χ1) is 10.9. The Kier molecular flexibility index (Phi) is 6.55. The Morgan fingerprint density at radius 3 is 2.33 bits per heavy atom. The lowest BCUT2D eigenvalue weighted by molar-refractivity contribution is -0.123. The van der Waals surface area contributed by atoms with Crippen molar-refractivity contribution >= 4 is 17.5 Å². The fourth-order valence-corrected chi connectivity index (χ4v) is 2.35. The minimum absolute atomic E-state index is 0.0990. The van der Waals surface area contributed by atoms with Crippen molar-refractivity contribution in [2.24, 2.45) is 10.8 Å². The van der Waals surface area contributed by atoms with Crippen LogP contribution in [-0.4, -0.2) is 29.6 Å². The SMILES string of the molecule is CC(O)CC(C)(C)CNC(=O)c1cccc(NC(=O)C(C)(C)C)c1. The molecule has 5 nitrogen and oxygen atoms in total. The molecular formula is C19H30N2O3. The van der Waals surface area contributed by atoms with Crippen molar-refractivity contribution in [2.45, 2.75) is 54.1 Å². The average molecular weight is 334 g/mol. The third-order valence-electron chi connectivity index (χ3n) is 3.64. The summed E-state index contributed by atoms with van der Waals surface area (Å²) < 4.78 is 0. The topological polar surface area (TPSA) is 78.4 Å². The highest BCUT2D eigenvalue weighted by atomic mass is 16.3. The van der Waals surface area contributed by atoms with Crippen molar-refractivity contribution in [3.05, 3.63) is 29.8 Å². The van der Waals surface area contributed by atoms with Gasteiger partial charge >= 0.3 is 0 Å². The van der Waals surface area contributed by atoms with Crippen LogP contribution in [0.3, 0.4) is 0 Å². The van der Waals surface area contributed by atoms with Gasteiger partial charge in [0.15, 0.2) is 0 Å². The Morgan fingerprint density at radius 1 is 1.17 bits per heavy atom. The lowest BCUT2D eigenvalue weighted by Gasteiger charge is -2.26. The minimum Gasteiger partial charge on any atom is -0.393 e. The van der Waals surface area contributed by atoms with Gasteiger partial charge in [0.2, 0.25) is 5.91 Å². The summed E-state index contributed by atoms with van der Waals surface area (Å²) in [5.41, 5.74) is 0.408. The van der Waals surface area contributed by atoms with E-state index in [0.717, 1.165) is 0 Å². The molecule has 1 unspecified atom stereocenters. The maximum absolute atomic E-state index is 12.3. The van der Waals surface area contributed by atoms with Gasteiger partial charge in [0, 0.05) is 23.2 Å². The zero-order valence-electron chi connectivity index (χ0n) is 15.6. The maximum atomic E-state index is 12.3.